The van der Waals surface area contributed by atoms with Gasteiger partial charge in [0.25, 0.3) is 5.91 Å². The number of aliphatic hydroxyl groups excluding tert-OH is 1. The number of hydrogen-bond donors (Lipinski definition) is 2. The molecule has 46 heavy (non-hydrogen) atoms. The van der Waals surface area contributed by atoms with E-state index in [4.69, 9.17) is 21.1 Å². The van der Waals surface area contributed by atoms with Crippen molar-refractivity contribution in [1.29, 1.82) is 0 Å². The number of aryl methyl sites for hydroxylation is 1. The van der Waals surface area contributed by atoms with E-state index < -0.39 is 27.3 Å². The SMILES string of the molecule is C[C@H]1C/C=C/[C@H](O)[C@@H]2CC[C@H]2CN2CCCCc3cc(Cl)ccc3COc3ccc(cc32)C(=O)NS(=O)(=O)[C@@H]1CC1CCOCC1. The number of hydrogen-bond acceptors (Lipinski definition) is 7. The number of rotatable bonds is 2. The van der Waals surface area contributed by atoms with E-state index in [1.54, 1.807) is 18.2 Å². The fraction of sp³-hybridized carbons (Fsp3) is 0.583. The molecule has 0 aromatic heterocycles. The molecule has 6 rings (SSSR count). The summed E-state index contributed by atoms with van der Waals surface area (Å²) in [5.41, 5.74) is 3.31. The van der Waals surface area contributed by atoms with E-state index in [9.17, 15) is 18.3 Å². The number of nitrogens with zero attached hydrogens (tertiary/aromatic N) is 1. The lowest BCUT2D eigenvalue weighted by Crippen LogP contribution is -2.44. The van der Waals surface area contributed by atoms with Crippen molar-refractivity contribution in [1.82, 2.24) is 4.72 Å². The van der Waals surface area contributed by atoms with Gasteiger partial charge in [0.2, 0.25) is 10.0 Å². The standard InChI is InChI=1S/C36H47ClN2O6S/c1-24-5-4-7-33(40)31-12-9-28(31)22-39-16-3-2-6-26-20-30(37)11-8-29(26)23-45-34-13-10-27(21-32(34)39)36(41)38-46(42,43)35(24)19-25-14-17-44-18-15-25/h4,7-8,10-11,13,20-21,24-25,28,31,33,35,40H,2-3,5-6,9,12,14-19,22-23H2,1H3,(H,38,41)/b7-4+/t24-,28-,31+,33-,35+/m0/s1. The Labute approximate surface area is 278 Å². The van der Waals surface area contributed by atoms with Crippen LogP contribution in [0.3, 0.4) is 0 Å². The van der Waals surface area contributed by atoms with E-state index in [1.807, 2.05) is 37.3 Å². The van der Waals surface area contributed by atoms with Gasteiger partial charge in [-0.05, 0) is 123 Å². The average Bonchev–Trinajstić information content (AvgIpc) is 3.04. The Hall–Kier alpha value is -2.59. The molecule has 250 valence electrons. The summed E-state index contributed by atoms with van der Waals surface area (Å²) < 4.78 is 42.3. The lowest BCUT2D eigenvalue weighted by Gasteiger charge is -2.42. The van der Waals surface area contributed by atoms with E-state index in [0.717, 1.165) is 69.3 Å². The van der Waals surface area contributed by atoms with Crippen LogP contribution in [-0.2, 0) is 27.8 Å². The summed E-state index contributed by atoms with van der Waals surface area (Å²) in [4.78, 5) is 16.0. The van der Waals surface area contributed by atoms with Gasteiger partial charge >= 0.3 is 0 Å². The maximum Gasteiger partial charge on any atom is 0.264 e. The van der Waals surface area contributed by atoms with E-state index in [-0.39, 0.29) is 29.2 Å². The minimum atomic E-state index is -4.01. The Morgan fingerprint density at radius 2 is 1.87 bits per heavy atom. The highest BCUT2D eigenvalue weighted by Crippen LogP contribution is 2.41. The maximum atomic E-state index is 13.9. The van der Waals surface area contributed by atoms with Crippen LogP contribution in [-0.4, -0.2) is 57.1 Å². The van der Waals surface area contributed by atoms with Crippen LogP contribution >= 0.6 is 11.6 Å². The van der Waals surface area contributed by atoms with E-state index >= 15 is 0 Å². The number of nitrogens with one attached hydrogen (secondary N) is 1. The Morgan fingerprint density at radius 1 is 1.04 bits per heavy atom. The van der Waals surface area contributed by atoms with Crippen LogP contribution in [0.15, 0.2) is 48.6 Å². The van der Waals surface area contributed by atoms with Gasteiger partial charge in [-0.3, -0.25) is 4.79 Å². The van der Waals surface area contributed by atoms with E-state index in [2.05, 4.69) is 9.62 Å². The van der Waals surface area contributed by atoms with Crippen molar-refractivity contribution in [2.24, 2.45) is 23.7 Å². The second kappa shape index (κ2) is 14.7. The molecule has 2 fully saturated rings. The largest absolute Gasteiger partial charge is 0.487 e. The highest BCUT2D eigenvalue weighted by molar-refractivity contribution is 7.90. The van der Waals surface area contributed by atoms with Gasteiger partial charge in [-0.1, -0.05) is 36.7 Å². The fourth-order valence-electron chi connectivity index (χ4n) is 7.60. The molecule has 1 saturated heterocycles. The van der Waals surface area contributed by atoms with Crippen molar-refractivity contribution >= 4 is 33.2 Å². The Bertz CT molecular complexity index is 1520. The first-order valence-electron chi connectivity index (χ1n) is 17.0. The summed E-state index contributed by atoms with van der Waals surface area (Å²) in [5, 5.41) is 11.2. The number of carbonyl (C=O) groups is 1. The number of sulfonamides is 1. The van der Waals surface area contributed by atoms with Gasteiger partial charge < -0.3 is 19.5 Å². The van der Waals surface area contributed by atoms with Crippen LogP contribution in [0.2, 0.25) is 5.02 Å². The van der Waals surface area contributed by atoms with Crippen LogP contribution in [0, 0.1) is 23.7 Å². The second-order valence-corrected chi connectivity index (χ2v) is 16.1. The predicted molar refractivity (Wildman–Crippen MR) is 181 cm³/mol. The number of fused-ring (bicyclic) bond motifs is 3. The average molecular weight is 671 g/mol. The molecule has 1 saturated carbocycles. The summed E-state index contributed by atoms with van der Waals surface area (Å²) in [5.74, 6) is 0.408. The predicted octanol–water partition coefficient (Wildman–Crippen LogP) is 6.29. The van der Waals surface area contributed by atoms with Crippen LogP contribution in [0.4, 0.5) is 5.69 Å². The van der Waals surface area contributed by atoms with Crippen molar-refractivity contribution in [3.05, 3.63) is 70.3 Å². The number of halogens is 1. The molecule has 3 heterocycles. The lowest BCUT2D eigenvalue weighted by atomic mass is 9.70. The summed E-state index contributed by atoms with van der Waals surface area (Å²) in [7, 11) is -4.01. The van der Waals surface area contributed by atoms with E-state index in [0.29, 0.717) is 43.4 Å². The molecule has 5 atom stereocenters. The first kappa shape index (κ1) is 33.3. The maximum absolute atomic E-state index is 13.9. The molecule has 1 amide bonds. The summed E-state index contributed by atoms with van der Waals surface area (Å²) >= 11 is 6.33. The number of allylic oxidation sites excluding steroid dienone is 1. The number of anilines is 1. The summed E-state index contributed by atoms with van der Waals surface area (Å²) in [6.45, 7) is 5.00. The van der Waals surface area contributed by atoms with Crippen LogP contribution in [0.1, 0.15) is 79.8 Å². The van der Waals surface area contributed by atoms with Gasteiger partial charge in [0.1, 0.15) is 12.4 Å². The minimum absolute atomic E-state index is 0.127. The van der Waals surface area contributed by atoms with Gasteiger partial charge in [-0.2, -0.15) is 0 Å². The highest BCUT2D eigenvalue weighted by atomic mass is 35.5. The molecule has 4 aliphatic rings. The number of ether oxygens (including phenoxy) is 2. The van der Waals surface area contributed by atoms with Crippen molar-refractivity contribution in [2.45, 2.75) is 82.7 Å². The molecule has 2 aromatic rings. The second-order valence-electron chi connectivity index (χ2n) is 13.7. The smallest absolute Gasteiger partial charge is 0.264 e. The normalized spacial score (nSPS) is 29.9. The molecule has 3 aliphatic heterocycles. The molecule has 0 spiro atoms. The van der Waals surface area contributed by atoms with Crippen molar-refractivity contribution in [3.63, 3.8) is 0 Å². The number of benzene rings is 2. The zero-order valence-corrected chi connectivity index (χ0v) is 28.3. The highest BCUT2D eigenvalue weighted by Gasteiger charge is 2.38. The van der Waals surface area contributed by atoms with Gasteiger partial charge in [0.15, 0.2) is 0 Å². The topological polar surface area (TPSA) is 105 Å². The molecule has 10 heteroatoms. The van der Waals surface area contributed by atoms with Gasteiger partial charge in [-0.25, -0.2) is 13.1 Å². The van der Waals surface area contributed by atoms with Gasteiger partial charge in [0.05, 0.1) is 17.0 Å². The molecule has 1 aliphatic carbocycles. The Balaban J connectivity index is 1.36. The summed E-state index contributed by atoms with van der Waals surface area (Å²) in [6.07, 6.45) is 10.5. The number of carbonyl (C=O) groups excluding carboxylic acids is 1. The van der Waals surface area contributed by atoms with Crippen LogP contribution < -0.4 is 14.4 Å². The quantitative estimate of drug-likeness (QED) is 0.362. The number of aliphatic hydroxyl groups is 1. The zero-order chi connectivity index (χ0) is 32.3. The Kier molecular flexibility index (Phi) is 10.6. The molecule has 8 nitrogen and oxygen atoms in total. The molecule has 0 radical (unpaired) electrons. The third-order valence-corrected chi connectivity index (χ3v) is 12.8. The van der Waals surface area contributed by atoms with Crippen molar-refractivity contribution in [2.75, 3.05) is 31.2 Å². The molecule has 2 N–H and O–H groups in total. The fourth-order valence-corrected chi connectivity index (χ4v) is 9.57. The van der Waals surface area contributed by atoms with Gasteiger partial charge in [0, 0.05) is 36.9 Å². The van der Waals surface area contributed by atoms with Crippen LogP contribution in [0.25, 0.3) is 0 Å². The zero-order valence-electron chi connectivity index (χ0n) is 26.7. The lowest BCUT2D eigenvalue weighted by molar-refractivity contribution is 0.0460. The third kappa shape index (κ3) is 7.75. The first-order chi connectivity index (χ1) is 22.2. The third-order valence-electron chi connectivity index (χ3n) is 10.6. The molecular formula is C36H47ClN2O6S. The van der Waals surface area contributed by atoms with E-state index in [1.165, 1.54) is 5.56 Å². The molecule has 2 bridgehead atoms. The monoisotopic (exact) mass is 670 g/mol. The Morgan fingerprint density at radius 3 is 2.65 bits per heavy atom. The van der Waals surface area contributed by atoms with Crippen molar-refractivity contribution < 1.29 is 27.8 Å². The molecule has 0 unspecified atom stereocenters. The minimum Gasteiger partial charge on any atom is -0.487 e. The van der Waals surface area contributed by atoms with Crippen molar-refractivity contribution in [3.8, 4) is 5.75 Å². The van der Waals surface area contributed by atoms with Crippen LogP contribution in [0.5, 0.6) is 5.75 Å². The molecule has 2 aromatic carbocycles. The van der Waals surface area contributed by atoms with Gasteiger partial charge in [-0.15, -0.1) is 0 Å². The first-order valence-corrected chi connectivity index (χ1v) is 18.9. The molecular weight excluding hydrogens is 624 g/mol. The number of amides is 1. The summed E-state index contributed by atoms with van der Waals surface area (Å²) in [6, 6.07) is 11.1.